The second-order valence-electron chi connectivity index (χ2n) is 4.45. The van der Waals surface area contributed by atoms with Crippen LogP contribution in [0.15, 0.2) is 0 Å². The molecule has 0 aliphatic heterocycles. The summed E-state index contributed by atoms with van der Waals surface area (Å²) >= 11 is 3.33. The van der Waals surface area contributed by atoms with E-state index < -0.39 is 0 Å². The van der Waals surface area contributed by atoms with Crippen molar-refractivity contribution in [1.82, 2.24) is 20.1 Å². The van der Waals surface area contributed by atoms with Crippen LogP contribution in [0.5, 0.6) is 0 Å². The highest BCUT2D eigenvalue weighted by atomic mass is 32.1. The van der Waals surface area contributed by atoms with Crippen LogP contribution in [-0.4, -0.2) is 47.8 Å². The van der Waals surface area contributed by atoms with E-state index in [4.69, 9.17) is 4.98 Å². The van der Waals surface area contributed by atoms with Gasteiger partial charge < -0.3 is 10.2 Å². The maximum absolute atomic E-state index is 4.72. The number of rotatable bonds is 6. The van der Waals surface area contributed by atoms with Crippen LogP contribution in [0.25, 0.3) is 9.88 Å². The Morgan fingerprint density at radius 1 is 1.21 bits per heavy atom. The predicted octanol–water partition coefficient (Wildman–Crippen LogP) is 2.37. The summed E-state index contributed by atoms with van der Waals surface area (Å²) in [6, 6.07) is 0. The number of hydrogen-bond donors (Lipinski definition) is 1. The average molecular weight is 297 g/mol. The molecular weight excluding hydrogens is 278 g/mol. The van der Waals surface area contributed by atoms with Gasteiger partial charge in [0.05, 0.1) is 15.6 Å². The number of nitrogens with zero attached hydrogens (tertiary/aromatic N) is 4. The second kappa shape index (κ2) is 6.40. The van der Waals surface area contributed by atoms with Gasteiger partial charge in [0.2, 0.25) is 5.13 Å². The smallest absolute Gasteiger partial charge is 0.205 e. The third kappa shape index (κ3) is 3.49. The first kappa shape index (κ1) is 14.4. The standard InChI is InChI=1S/C12H19N5S2/c1-5-8-10(11-15-16-12(13-2)19-11)18-9(14-8)6-7-17(3)4/h5-7H2,1-4H3,(H,13,16). The predicted molar refractivity (Wildman–Crippen MR) is 82.2 cm³/mol. The summed E-state index contributed by atoms with van der Waals surface area (Å²) in [4.78, 5) is 8.08. The van der Waals surface area contributed by atoms with Crippen molar-refractivity contribution in [2.45, 2.75) is 19.8 Å². The quantitative estimate of drug-likeness (QED) is 0.887. The van der Waals surface area contributed by atoms with Gasteiger partial charge in [0.25, 0.3) is 0 Å². The summed E-state index contributed by atoms with van der Waals surface area (Å²) in [7, 11) is 6.03. The lowest BCUT2D eigenvalue weighted by Crippen LogP contribution is -2.14. The Morgan fingerprint density at radius 2 is 2.00 bits per heavy atom. The van der Waals surface area contributed by atoms with Crippen LogP contribution >= 0.6 is 22.7 Å². The van der Waals surface area contributed by atoms with Crippen LogP contribution in [0.1, 0.15) is 17.6 Å². The van der Waals surface area contributed by atoms with Gasteiger partial charge in [-0.15, -0.1) is 21.5 Å². The first-order chi connectivity index (χ1) is 9.13. The lowest BCUT2D eigenvalue weighted by atomic mass is 10.3. The first-order valence-electron chi connectivity index (χ1n) is 6.29. The Bertz CT molecular complexity index is 532. The Morgan fingerprint density at radius 3 is 2.58 bits per heavy atom. The molecule has 19 heavy (non-hydrogen) atoms. The number of anilines is 1. The molecule has 104 valence electrons. The summed E-state index contributed by atoms with van der Waals surface area (Å²) in [6.45, 7) is 3.16. The Labute approximate surface area is 121 Å². The van der Waals surface area contributed by atoms with Crippen molar-refractivity contribution in [3.8, 4) is 9.88 Å². The minimum absolute atomic E-state index is 0.847. The zero-order valence-corrected chi connectivity index (χ0v) is 13.4. The van der Waals surface area contributed by atoms with Crippen molar-refractivity contribution in [2.75, 3.05) is 33.0 Å². The van der Waals surface area contributed by atoms with Gasteiger partial charge >= 0.3 is 0 Å². The topological polar surface area (TPSA) is 53.9 Å². The van der Waals surface area contributed by atoms with Gasteiger partial charge in [0.15, 0.2) is 5.01 Å². The van der Waals surface area contributed by atoms with Gasteiger partial charge in [0, 0.05) is 20.0 Å². The highest BCUT2D eigenvalue weighted by Crippen LogP contribution is 2.34. The molecule has 2 rings (SSSR count). The molecule has 2 aromatic heterocycles. The fourth-order valence-electron chi connectivity index (χ4n) is 1.65. The molecule has 0 unspecified atom stereocenters. The van der Waals surface area contributed by atoms with E-state index in [-0.39, 0.29) is 0 Å². The average Bonchev–Trinajstić information content (AvgIpc) is 3.02. The van der Waals surface area contributed by atoms with Crippen LogP contribution < -0.4 is 5.32 Å². The minimum atomic E-state index is 0.847. The van der Waals surface area contributed by atoms with Gasteiger partial charge in [-0.25, -0.2) is 4.98 Å². The van der Waals surface area contributed by atoms with Crippen molar-refractivity contribution in [2.24, 2.45) is 0 Å². The van der Waals surface area contributed by atoms with E-state index in [1.54, 1.807) is 22.7 Å². The molecule has 0 fully saturated rings. The number of hydrogen-bond acceptors (Lipinski definition) is 7. The Balaban J connectivity index is 2.23. The summed E-state index contributed by atoms with van der Waals surface area (Å²) in [6.07, 6.45) is 1.92. The molecule has 0 radical (unpaired) electrons. The number of likely N-dealkylation sites (N-methyl/N-ethyl adjacent to an activating group) is 1. The van der Waals surface area contributed by atoms with Crippen LogP contribution in [0.3, 0.4) is 0 Å². The molecule has 5 nitrogen and oxygen atoms in total. The molecule has 0 bridgehead atoms. The van der Waals surface area contributed by atoms with Crippen molar-refractivity contribution >= 4 is 27.8 Å². The molecule has 0 aromatic carbocycles. The molecule has 7 heteroatoms. The summed E-state index contributed by atoms with van der Waals surface area (Å²) in [5.41, 5.74) is 1.14. The van der Waals surface area contributed by atoms with Gasteiger partial charge in [-0.1, -0.05) is 18.3 Å². The van der Waals surface area contributed by atoms with E-state index in [0.29, 0.717) is 0 Å². The molecule has 0 saturated heterocycles. The van der Waals surface area contributed by atoms with E-state index in [1.807, 2.05) is 7.05 Å². The molecule has 0 saturated carbocycles. The van der Waals surface area contributed by atoms with Crippen LogP contribution in [0.4, 0.5) is 5.13 Å². The molecule has 1 N–H and O–H groups in total. The lowest BCUT2D eigenvalue weighted by molar-refractivity contribution is 0.413. The van der Waals surface area contributed by atoms with Gasteiger partial charge in [-0.2, -0.15) is 0 Å². The molecule has 0 atom stereocenters. The van der Waals surface area contributed by atoms with Gasteiger partial charge in [-0.05, 0) is 20.5 Å². The van der Waals surface area contributed by atoms with Crippen molar-refractivity contribution in [3.05, 3.63) is 10.7 Å². The van der Waals surface area contributed by atoms with E-state index >= 15 is 0 Å². The summed E-state index contributed by atoms with van der Waals surface area (Å²) in [5, 5.41) is 14.4. The zero-order chi connectivity index (χ0) is 13.8. The van der Waals surface area contributed by atoms with Crippen LogP contribution in [0.2, 0.25) is 0 Å². The van der Waals surface area contributed by atoms with Gasteiger partial charge in [0.1, 0.15) is 0 Å². The molecule has 0 spiro atoms. The van der Waals surface area contributed by atoms with E-state index in [1.165, 1.54) is 9.88 Å². The monoisotopic (exact) mass is 297 g/mol. The summed E-state index contributed by atoms with van der Waals surface area (Å²) in [5.74, 6) is 0. The number of thiazole rings is 1. The molecule has 2 heterocycles. The molecule has 2 aromatic rings. The van der Waals surface area contributed by atoms with E-state index in [0.717, 1.165) is 35.2 Å². The van der Waals surface area contributed by atoms with Crippen molar-refractivity contribution in [3.63, 3.8) is 0 Å². The second-order valence-corrected chi connectivity index (χ2v) is 6.51. The van der Waals surface area contributed by atoms with E-state index in [9.17, 15) is 0 Å². The highest BCUT2D eigenvalue weighted by Gasteiger charge is 2.15. The Kier molecular flexibility index (Phi) is 4.84. The molecule has 0 aliphatic carbocycles. The van der Waals surface area contributed by atoms with Crippen molar-refractivity contribution in [1.29, 1.82) is 0 Å². The molecule has 0 amide bonds. The van der Waals surface area contributed by atoms with E-state index in [2.05, 4.69) is 41.4 Å². The normalized spacial score (nSPS) is 11.2. The Hall–Kier alpha value is -1.05. The fourth-order valence-corrected chi connectivity index (χ4v) is 3.58. The van der Waals surface area contributed by atoms with Crippen LogP contribution in [0, 0.1) is 0 Å². The molecular formula is C12H19N5S2. The SMILES string of the molecule is CCc1nc(CCN(C)C)sc1-c1nnc(NC)s1. The molecule has 0 aliphatic rings. The number of aryl methyl sites for hydroxylation is 1. The maximum atomic E-state index is 4.72. The summed E-state index contributed by atoms with van der Waals surface area (Å²) < 4.78 is 0. The minimum Gasteiger partial charge on any atom is -0.363 e. The lowest BCUT2D eigenvalue weighted by Gasteiger charge is -2.06. The zero-order valence-electron chi connectivity index (χ0n) is 11.7. The third-order valence-electron chi connectivity index (χ3n) is 2.68. The van der Waals surface area contributed by atoms with Gasteiger partial charge in [-0.3, -0.25) is 0 Å². The maximum Gasteiger partial charge on any atom is 0.205 e. The highest BCUT2D eigenvalue weighted by molar-refractivity contribution is 7.23. The van der Waals surface area contributed by atoms with Crippen molar-refractivity contribution < 1.29 is 0 Å². The largest absolute Gasteiger partial charge is 0.363 e. The third-order valence-corrected chi connectivity index (χ3v) is 4.93. The fraction of sp³-hybridized carbons (Fsp3) is 0.583. The van der Waals surface area contributed by atoms with Crippen LogP contribution in [-0.2, 0) is 12.8 Å². The first-order valence-corrected chi connectivity index (χ1v) is 7.92. The number of nitrogens with one attached hydrogen (secondary N) is 1. The number of aromatic nitrogens is 3.